The predicted molar refractivity (Wildman–Crippen MR) is 178 cm³/mol. The van der Waals surface area contributed by atoms with E-state index in [1.807, 2.05) is 34.1 Å². The standard InChI is InChI=1S/C36H49N5O5/c1-24(2)41-23-31(21-39-41)30-15-16-37-34(20-30)40(35(43)28-9-12-32(13-10-28)46-36(44)38-17-18-42)22-26-5-7-27(8-6-26)29-11-14-33(45-4)25(3)19-29/h11,14-16,19-21,23-24,26-28,32,42H,5-10,12-13,17-18,22H2,1-4H3,(H,38,44). The second kappa shape index (κ2) is 15.6. The first-order valence-electron chi connectivity index (χ1n) is 16.8. The van der Waals surface area contributed by atoms with Gasteiger partial charge in [-0.2, -0.15) is 5.10 Å². The Morgan fingerprint density at radius 1 is 1.04 bits per heavy atom. The summed E-state index contributed by atoms with van der Waals surface area (Å²) in [6.07, 6.45) is 11.8. The molecule has 0 atom stereocenters. The Hall–Kier alpha value is -3.92. The Kier molecular flexibility index (Phi) is 11.3. The van der Waals surface area contributed by atoms with Crippen molar-refractivity contribution < 1.29 is 24.2 Å². The van der Waals surface area contributed by atoms with Gasteiger partial charge in [-0.15, -0.1) is 0 Å². The maximum Gasteiger partial charge on any atom is 0.407 e. The van der Waals surface area contributed by atoms with Crippen LogP contribution >= 0.6 is 0 Å². The number of rotatable bonds is 11. The Bertz CT molecular complexity index is 1460. The number of carbonyl (C=O) groups excluding carboxylic acids is 2. The molecule has 5 rings (SSSR count). The van der Waals surface area contributed by atoms with Crippen LogP contribution in [-0.4, -0.2) is 64.8 Å². The molecule has 0 spiro atoms. The van der Waals surface area contributed by atoms with Gasteiger partial charge < -0.3 is 19.9 Å². The van der Waals surface area contributed by atoms with Crippen LogP contribution in [0.3, 0.4) is 0 Å². The predicted octanol–water partition coefficient (Wildman–Crippen LogP) is 6.43. The number of anilines is 1. The Balaban J connectivity index is 1.30. The summed E-state index contributed by atoms with van der Waals surface area (Å²) in [6, 6.07) is 10.8. The highest BCUT2D eigenvalue weighted by molar-refractivity contribution is 5.94. The van der Waals surface area contributed by atoms with Crippen molar-refractivity contribution in [3.63, 3.8) is 0 Å². The fraction of sp³-hybridized carbons (Fsp3) is 0.556. The highest BCUT2D eigenvalue weighted by Crippen LogP contribution is 2.39. The normalized spacial score (nSPS) is 21.5. The number of aryl methyl sites for hydroxylation is 1. The quantitative estimate of drug-likeness (QED) is 0.250. The van der Waals surface area contributed by atoms with Gasteiger partial charge in [-0.1, -0.05) is 12.1 Å². The Morgan fingerprint density at radius 3 is 2.46 bits per heavy atom. The molecule has 10 nitrogen and oxygen atoms in total. The lowest BCUT2D eigenvalue weighted by Gasteiger charge is -2.35. The molecule has 0 aliphatic heterocycles. The average Bonchev–Trinajstić information content (AvgIpc) is 3.58. The maximum absolute atomic E-state index is 14.3. The third kappa shape index (κ3) is 8.26. The maximum atomic E-state index is 14.3. The van der Waals surface area contributed by atoms with Crippen LogP contribution in [0.5, 0.6) is 5.75 Å². The molecule has 46 heavy (non-hydrogen) atoms. The number of pyridine rings is 1. The number of nitrogens with zero attached hydrogens (tertiary/aromatic N) is 4. The van der Waals surface area contributed by atoms with Gasteiger partial charge in [0, 0.05) is 43.0 Å². The number of hydrogen-bond acceptors (Lipinski definition) is 7. The van der Waals surface area contributed by atoms with Crippen LogP contribution in [-0.2, 0) is 9.53 Å². The first-order chi connectivity index (χ1) is 22.2. The molecule has 248 valence electrons. The van der Waals surface area contributed by atoms with Gasteiger partial charge in [-0.05, 0) is 119 Å². The number of nitrogens with one attached hydrogen (secondary N) is 1. The summed E-state index contributed by atoms with van der Waals surface area (Å²) in [7, 11) is 1.71. The first kappa shape index (κ1) is 33.4. The number of aliphatic hydroxyl groups excluding tert-OH is 1. The minimum atomic E-state index is -0.521. The number of methoxy groups -OCH3 is 1. The molecule has 2 amide bonds. The number of benzene rings is 1. The van der Waals surface area contributed by atoms with E-state index in [9.17, 15) is 9.59 Å². The smallest absolute Gasteiger partial charge is 0.407 e. The van der Waals surface area contributed by atoms with Crippen LogP contribution in [0.25, 0.3) is 11.1 Å². The van der Waals surface area contributed by atoms with Gasteiger partial charge in [0.1, 0.15) is 17.7 Å². The molecular weight excluding hydrogens is 582 g/mol. The number of carbonyl (C=O) groups is 2. The van der Waals surface area contributed by atoms with Crippen LogP contribution in [0.2, 0.25) is 0 Å². The molecule has 2 saturated carbocycles. The van der Waals surface area contributed by atoms with E-state index < -0.39 is 6.09 Å². The minimum absolute atomic E-state index is 0.0959. The zero-order valence-electron chi connectivity index (χ0n) is 27.7. The van der Waals surface area contributed by atoms with Crippen molar-refractivity contribution in [2.75, 3.05) is 31.7 Å². The van der Waals surface area contributed by atoms with Crippen molar-refractivity contribution in [2.24, 2.45) is 11.8 Å². The van der Waals surface area contributed by atoms with E-state index in [-0.39, 0.29) is 37.1 Å². The Morgan fingerprint density at radius 2 is 1.80 bits per heavy atom. The number of aliphatic hydroxyl groups is 1. The van der Waals surface area contributed by atoms with E-state index in [0.29, 0.717) is 49.9 Å². The summed E-state index contributed by atoms with van der Waals surface area (Å²) in [5, 5.41) is 16.0. The SMILES string of the molecule is COc1ccc(C2CCC(CN(C(=O)C3CCC(OC(=O)NCCO)CC3)c3cc(-c4cnn(C(C)C)c4)ccn3)CC2)cc1C. The highest BCUT2D eigenvalue weighted by Gasteiger charge is 2.34. The number of amides is 2. The second-order valence-electron chi connectivity index (χ2n) is 13.1. The molecule has 2 fully saturated rings. The van der Waals surface area contributed by atoms with Crippen LogP contribution < -0.4 is 15.0 Å². The van der Waals surface area contributed by atoms with Crippen molar-refractivity contribution in [1.29, 1.82) is 0 Å². The number of alkyl carbamates (subject to hydrolysis) is 1. The van der Waals surface area contributed by atoms with E-state index in [2.05, 4.69) is 49.4 Å². The molecule has 2 aliphatic carbocycles. The first-order valence-corrected chi connectivity index (χ1v) is 16.8. The van der Waals surface area contributed by atoms with Gasteiger partial charge in [0.15, 0.2) is 0 Å². The summed E-state index contributed by atoms with van der Waals surface area (Å²) >= 11 is 0. The van der Waals surface area contributed by atoms with Gasteiger partial charge in [-0.25, -0.2) is 9.78 Å². The van der Waals surface area contributed by atoms with Crippen molar-refractivity contribution in [2.45, 2.75) is 90.2 Å². The number of hydrogen-bond donors (Lipinski definition) is 2. The van der Waals surface area contributed by atoms with Gasteiger partial charge in [0.05, 0.1) is 19.9 Å². The molecule has 2 heterocycles. The minimum Gasteiger partial charge on any atom is -0.496 e. The van der Waals surface area contributed by atoms with Crippen LogP contribution in [0, 0.1) is 18.8 Å². The van der Waals surface area contributed by atoms with Crippen LogP contribution in [0.15, 0.2) is 48.9 Å². The topological polar surface area (TPSA) is 119 Å². The van der Waals surface area contributed by atoms with Crippen molar-refractivity contribution in [1.82, 2.24) is 20.1 Å². The zero-order chi connectivity index (χ0) is 32.6. The molecule has 10 heteroatoms. The van der Waals surface area contributed by atoms with Crippen LogP contribution in [0.1, 0.15) is 88.3 Å². The third-order valence-electron chi connectivity index (χ3n) is 9.61. The molecule has 2 aromatic heterocycles. The van der Waals surface area contributed by atoms with Crippen molar-refractivity contribution in [3.05, 3.63) is 60.0 Å². The van der Waals surface area contributed by atoms with E-state index in [1.54, 1.807) is 13.3 Å². The van der Waals surface area contributed by atoms with E-state index in [0.717, 1.165) is 48.1 Å². The molecule has 2 aliphatic rings. The van der Waals surface area contributed by atoms with Gasteiger partial charge in [0.2, 0.25) is 5.91 Å². The van der Waals surface area contributed by atoms with Gasteiger partial charge in [0.25, 0.3) is 0 Å². The van der Waals surface area contributed by atoms with E-state index >= 15 is 0 Å². The Labute approximate surface area is 272 Å². The molecule has 1 aromatic carbocycles. The summed E-state index contributed by atoms with van der Waals surface area (Å²) in [4.78, 5) is 32.9. The van der Waals surface area contributed by atoms with Crippen molar-refractivity contribution in [3.8, 4) is 16.9 Å². The van der Waals surface area contributed by atoms with E-state index in [1.165, 1.54) is 5.56 Å². The van der Waals surface area contributed by atoms with E-state index in [4.69, 9.17) is 19.6 Å². The summed E-state index contributed by atoms with van der Waals surface area (Å²) in [5.74, 6) is 2.42. The fourth-order valence-corrected chi connectivity index (χ4v) is 6.90. The fourth-order valence-electron chi connectivity index (χ4n) is 6.90. The second-order valence-corrected chi connectivity index (χ2v) is 13.1. The average molecular weight is 632 g/mol. The number of aromatic nitrogens is 3. The third-order valence-corrected chi connectivity index (χ3v) is 9.61. The lowest BCUT2D eigenvalue weighted by molar-refractivity contribution is -0.124. The lowest BCUT2D eigenvalue weighted by Crippen LogP contribution is -2.42. The molecule has 0 unspecified atom stereocenters. The molecular formula is C36H49N5O5. The summed E-state index contributed by atoms with van der Waals surface area (Å²) in [5.41, 5.74) is 4.51. The molecule has 0 radical (unpaired) electrons. The van der Waals surface area contributed by atoms with Crippen LogP contribution in [0.4, 0.5) is 10.6 Å². The number of ether oxygens (including phenoxy) is 2. The van der Waals surface area contributed by atoms with Gasteiger partial charge >= 0.3 is 6.09 Å². The summed E-state index contributed by atoms with van der Waals surface area (Å²) in [6.45, 7) is 6.95. The molecule has 2 N–H and O–H groups in total. The van der Waals surface area contributed by atoms with Gasteiger partial charge in [-0.3, -0.25) is 14.4 Å². The molecule has 0 saturated heterocycles. The summed E-state index contributed by atoms with van der Waals surface area (Å²) < 4.78 is 12.9. The highest BCUT2D eigenvalue weighted by atomic mass is 16.6. The zero-order valence-corrected chi connectivity index (χ0v) is 27.7. The molecule has 0 bridgehead atoms. The molecule has 3 aromatic rings. The van der Waals surface area contributed by atoms with Crippen molar-refractivity contribution >= 4 is 17.8 Å². The monoisotopic (exact) mass is 631 g/mol. The largest absolute Gasteiger partial charge is 0.496 e. The lowest BCUT2D eigenvalue weighted by atomic mass is 9.78.